The summed E-state index contributed by atoms with van der Waals surface area (Å²) in [6, 6.07) is 1.88. The lowest BCUT2D eigenvalue weighted by Crippen LogP contribution is -2.14. The van der Waals surface area contributed by atoms with Gasteiger partial charge in [-0.25, -0.2) is 9.97 Å². The topological polar surface area (TPSA) is 89.3 Å². The van der Waals surface area contributed by atoms with Gasteiger partial charge in [0.1, 0.15) is 11.4 Å². The highest BCUT2D eigenvalue weighted by molar-refractivity contribution is 5.83. The van der Waals surface area contributed by atoms with Crippen molar-refractivity contribution in [2.45, 2.75) is 6.42 Å². The number of aromatic nitrogens is 3. The highest BCUT2D eigenvalue weighted by Gasteiger charge is 2.03. The minimum Gasteiger partial charge on any atom is -0.409 e. The second kappa shape index (κ2) is 3.56. The van der Waals surface area contributed by atoms with Crippen LogP contribution >= 0.6 is 0 Å². The van der Waals surface area contributed by atoms with Crippen molar-refractivity contribution in [3.05, 3.63) is 24.2 Å². The molecule has 3 N–H and O–H groups in total. The quantitative estimate of drug-likeness (QED) is 0.318. The van der Waals surface area contributed by atoms with E-state index in [9.17, 15) is 0 Å². The van der Waals surface area contributed by atoms with Crippen molar-refractivity contribution in [1.29, 1.82) is 0 Å². The van der Waals surface area contributed by atoms with Gasteiger partial charge in [0.15, 0.2) is 5.65 Å². The second-order valence-corrected chi connectivity index (χ2v) is 3.31. The molecule has 0 aliphatic heterocycles. The highest BCUT2D eigenvalue weighted by atomic mass is 16.4. The Balaban J connectivity index is 2.39. The van der Waals surface area contributed by atoms with E-state index in [1.54, 1.807) is 12.5 Å². The van der Waals surface area contributed by atoms with E-state index in [0.717, 1.165) is 16.7 Å². The lowest BCUT2D eigenvalue weighted by atomic mass is 10.2. The molecule has 0 atom stereocenters. The van der Waals surface area contributed by atoms with Gasteiger partial charge in [-0.15, -0.1) is 0 Å². The second-order valence-electron chi connectivity index (χ2n) is 3.31. The molecule has 2 aromatic rings. The van der Waals surface area contributed by atoms with Gasteiger partial charge in [0.2, 0.25) is 0 Å². The van der Waals surface area contributed by atoms with E-state index in [-0.39, 0.29) is 5.84 Å². The predicted octanol–water partition coefficient (Wildman–Crippen LogP) is 0.257. The first-order valence-corrected chi connectivity index (χ1v) is 4.43. The van der Waals surface area contributed by atoms with E-state index in [1.165, 1.54) is 0 Å². The summed E-state index contributed by atoms with van der Waals surface area (Å²) in [7, 11) is 1.88. The monoisotopic (exact) mass is 205 g/mol. The van der Waals surface area contributed by atoms with Crippen LogP contribution in [0.25, 0.3) is 11.2 Å². The third kappa shape index (κ3) is 1.74. The number of nitrogens with two attached hydrogens (primary N) is 1. The van der Waals surface area contributed by atoms with Crippen molar-refractivity contribution in [3.8, 4) is 0 Å². The number of fused-ring (bicyclic) bond motifs is 1. The molecular weight excluding hydrogens is 194 g/mol. The summed E-state index contributed by atoms with van der Waals surface area (Å²) in [5.74, 6) is 0.159. The third-order valence-electron chi connectivity index (χ3n) is 2.12. The molecule has 0 amide bonds. The molecule has 0 spiro atoms. The Hall–Kier alpha value is -2.11. The summed E-state index contributed by atoms with van der Waals surface area (Å²) in [5.41, 5.74) is 7.90. The number of hydrogen-bond donors (Lipinski definition) is 2. The van der Waals surface area contributed by atoms with Crippen molar-refractivity contribution in [3.63, 3.8) is 0 Å². The van der Waals surface area contributed by atoms with Crippen molar-refractivity contribution in [2.75, 3.05) is 0 Å². The zero-order valence-electron chi connectivity index (χ0n) is 8.25. The summed E-state index contributed by atoms with van der Waals surface area (Å²) < 4.78 is 1.84. The standard InChI is InChI=1S/C9H11N5O/c1-14-5-12-7-2-6(3-8(10)13-15)4-11-9(7)14/h2,4-5,15H,3H2,1H3,(H2,10,13). The lowest BCUT2D eigenvalue weighted by molar-refractivity contribution is 0.317. The van der Waals surface area contributed by atoms with Gasteiger partial charge < -0.3 is 15.5 Å². The van der Waals surface area contributed by atoms with Gasteiger partial charge in [-0.1, -0.05) is 5.16 Å². The van der Waals surface area contributed by atoms with Crippen LogP contribution in [0.5, 0.6) is 0 Å². The zero-order valence-corrected chi connectivity index (χ0v) is 8.25. The molecule has 0 saturated heterocycles. The van der Waals surface area contributed by atoms with Gasteiger partial charge in [-0.2, -0.15) is 0 Å². The molecule has 2 rings (SSSR count). The molecule has 2 aromatic heterocycles. The Morgan fingerprint density at radius 1 is 1.60 bits per heavy atom. The van der Waals surface area contributed by atoms with Crippen LogP contribution in [0.1, 0.15) is 5.56 Å². The van der Waals surface area contributed by atoms with Crippen molar-refractivity contribution < 1.29 is 5.21 Å². The first-order chi connectivity index (χ1) is 7.20. The molecular formula is C9H11N5O. The number of rotatable bonds is 2. The summed E-state index contributed by atoms with van der Waals surface area (Å²) in [6.07, 6.45) is 3.77. The van der Waals surface area contributed by atoms with E-state index in [0.29, 0.717) is 6.42 Å². The third-order valence-corrected chi connectivity index (χ3v) is 2.12. The fourth-order valence-corrected chi connectivity index (χ4v) is 1.40. The summed E-state index contributed by atoms with van der Waals surface area (Å²) >= 11 is 0. The molecule has 0 saturated carbocycles. The molecule has 0 bridgehead atoms. The molecule has 0 unspecified atom stereocenters. The molecule has 6 nitrogen and oxygen atoms in total. The Morgan fingerprint density at radius 3 is 3.13 bits per heavy atom. The van der Waals surface area contributed by atoms with Crippen molar-refractivity contribution >= 4 is 17.0 Å². The first-order valence-electron chi connectivity index (χ1n) is 4.43. The maximum Gasteiger partial charge on any atom is 0.159 e. The molecule has 0 radical (unpaired) electrons. The van der Waals surface area contributed by atoms with Crippen LogP contribution in [0.15, 0.2) is 23.7 Å². The van der Waals surface area contributed by atoms with Gasteiger partial charge >= 0.3 is 0 Å². The van der Waals surface area contributed by atoms with Gasteiger partial charge in [0, 0.05) is 19.7 Å². The number of pyridine rings is 1. The highest BCUT2D eigenvalue weighted by Crippen LogP contribution is 2.10. The smallest absolute Gasteiger partial charge is 0.159 e. The molecule has 0 fully saturated rings. The number of imidazole rings is 1. The first kappa shape index (κ1) is 9.45. The Kier molecular flexibility index (Phi) is 2.24. The largest absolute Gasteiger partial charge is 0.409 e. The Bertz CT molecular complexity index is 516. The van der Waals surface area contributed by atoms with Gasteiger partial charge in [-0.05, 0) is 11.6 Å². The number of aryl methyl sites for hydroxylation is 1. The van der Waals surface area contributed by atoms with E-state index >= 15 is 0 Å². The summed E-state index contributed by atoms with van der Waals surface area (Å²) in [5, 5.41) is 11.3. The fourth-order valence-electron chi connectivity index (χ4n) is 1.40. The molecule has 78 valence electrons. The van der Waals surface area contributed by atoms with Gasteiger partial charge in [-0.3, -0.25) is 0 Å². The molecule has 15 heavy (non-hydrogen) atoms. The number of nitrogens with zero attached hydrogens (tertiary/aromatic N) is 4. The zero-order chi connectivity index (χ0) is 10.8. The van der Waals surface area contributed by atoms with Crippen molar-refractivity contribution in [1.82, 2.24) is 14.5 Å². The Morgan fingerprint density at radius 2 is 2.40 bits per heavy atom. The SMILES string of the molecule is Cn1cnc2cc(C/C(N)=N/O)cnc21. The number of amidine groups is 1. The van der Waals surface area contributed by atoms with Crippen molar-refractivity contribution in [2.24, 2.45) is 17.9 Å². The number of oxime groups is 1. The molecule has 0 aliphatic rings. The van der Waals surface area contributed by atoms with E-state index < -0.39 is 0 Å². The minimum absolute atomic E-state index is 0.159. The summed E-state index contributed by atoms with van der Waals surface area (Å²) in [6.45, 7) is 0. The molecule has 0 aliphatic carbocycles. The predicted molar refractivity (Wildman–Crippen MR) is 55.6 cm³/mol. The van der Waals surface area contributed by atoms with Crippen LogP contribution in [0, 0.1) is 0 Å². The normalized spacial score (nSPS) is 12.2. The van der Waals surface area contributed by atoms with Crippen LogP contribution in [0.4, 0.5) is 0 Å². The van der Waals surface area contributed by atoms with Crippen LogP contribution < -0.4 is 5.73 Å². The minimum atomic E-state index is 0.159. The van der Waals surface area contributed by atoms with E-state index in [1.807, 2.05) is 17.7 Å². The molecule has 2 heterocycles. The van der Waals surface area contributed by atoms with Crippen LogP contribution in [0.2, 0.25) is 0 Å². The average molecular weight is 205 g/mol. The van der Waals surface area contributed by atoms with Gasteiger partial charge in [0.25, 0.3) is 0 Å². The average Bonchev–Trinajstić information content (AvgIpc) is 2.60. The maximum absolute atomic E-state index is 8.44. The fraction of sp³-hybridized carbons (Fsp3) is 0.222. The van der Waals surface area contributed by atoms with E-state index in [2.05, 4.69) is 15.1 Å². The molecule has 0 aromatic carbocycles. The summed E-state index contributed by atoms with van der Waals surface area (Å²) in [4.78, 5) is 8.41. The van der Waals surface area contributed by atoms with Crippen LogP contribution in [0.3, 0.4) is 0 Å². The van der Waals surface area contributed by atoms with E-state index in [4.69, 9.17) is 10.9 Å². The number of hydrogen-bond acceptors (Lipinski definition) is 4. The van der Waals surface area contributed by atoms with Crippen LogP contribution in [-0.2, 0) is 13.5 Å². The Labute approximate surface area is 86.0 Å². The lowest BCUT2D eigenvalue weighted by Gasteiger charge is -1.99. The maximum atomic E-state index is 8.44. The molecule has 6 heteroatoms. The van der Waals surface area contributed by atoms with Crippen LogP contribution in [-0.4, -0.2) is 25.6 Å². The van der Waals surface area contributed by atoms with Gasteiger partial charge in [0.05, 0.1) is 6.33 Å².